The summed E-state index contributed by atoms with van der Waals surface area (Å²) in [5.74, 6) is 1.00. The molecule has 0 radical (unpaired) electrons. The molecule has 1 aliphatic rings. The molecule has 1 amide bonds. The number of nitrogens with zero attached hydrogens (tertiary/aromatic N) is 2. The quantitative estimate of drug-likeness (QED) is 0.649. The van der Waals surface area contributed by atoms with Gasteiger partial charge >= 0.3 is 0 Å². The van der Waals surface area contributed by atoms with Crippen molar-refractivity contribution in [2.24, 2.45) is 0 Å². The van der Waals surface area contributed by atoms with Crippen LogP contribution in [0.15, 0.2) is 59.6 Å². The first-order chi connectivity index (χ1) is 13.2. The molecule has 27 heavy (non-hydrogen) atoms. The van der Waals surface area contributed by atoms with E-state index < -0.39 is 0 Å². The lowest BCUT2D eigenvalue weighted by Gasteiger charge is -2.11. The molecule has 138 valence electrons. The Morgan fingerprint density at radius 2 is 1.96 bits per heavy atom. The summed E-state index contributed by atoms with van der Waals surface area (Å²) in [6, 6.07) is 13.9. The molecule has 1 aliphatic heterocycles. The van der Waals surface area contributed by atoms with Crippen LogP contribution in [-0.2, 0) is 17.8 Å². The highest BCUT2D eigenvalue weighted by atomic mass is 32.2. The molecular weight excluding hydrogens is 361 g/mol. The fourth-order valence-electron chi connectivity index (χ4n) is 3.22. The molecule has 0 saturated heterocycles. The maximum atomic E-state index is 13.0. The van der Waals surface area contributed by atoms with Gasteiger partial charge in [-0.15, -0.1) is 11.8 Å². The zero-order valence-electron chi connectivity index (χ0n) is 14.8. The number of benzene rings is 2. The summed E-state index contributed by atoms with van der Waals surface area (Å²) >= 11 is 1.38. The Hall–Kier alpha value is -2.60. The van der Waals surface area contributed by atoms with Gasteiger partial charge in [-0.05, 0) is 43.2 Å². The number of aromatic nitrogens is 2. The van der Waals surface area contributed by atoms with Gasteiger partial charge < -0.3 is 9.88 Å². The zero-order valence-corrected chi connectivity index (χ0v) is 15.6. The van der Waals surface area contributed by atoms with Gasteiger partial charge in [0.05, 0.1) is 17.1 Å². The van der Waals surface area contributed by atoms with E-state index in [4.69, 9.17) is 4.98 Å². The van der Waals surface area contributed by atoms with Crippen LogP contribution in [0.1, 0.15) is 18.7 Å². The van der Waals surface area contributed by atoms with Crippen molar-refractivity contribution in [1.29, 1.82) is 0 Å². The number of carbonyl (C=O) groups is 1. The number of aryl methyl sites for hydroxylation is 2. The number of para-hydroxylation sites is 1. The summed E-state index contributed by atoms with van der Waals surface area (Å²) in [6.45, 7) is 1.01. The summed E-state index contributed by atoms with van der Waals surface area (Å²) in [7, 11) is 0. The molecule has 6 heteroatoms. The van der Waals surface area contributed by atoms with Crippen LogP contribution in [0.25, 0.3) is 11.3 Å². The van der Waals surface area contributed by atoms with Crippen molar-refractivity contribution < 1.29 is 9.18 Å². The number of hydrogen-bond donors (Lipinski definition) is 1. The van der Waals surface area contributed by atoms with Gasteiger partial charge in [0.1, 0.15) is 11.6 Å². The zero-order chi connectivity index (χ0) is 18.6. The number of imidazole rings is 1. The predicted octanol–water partition coefficient (Wildman–Crippen LogP) is 4.76. The average molecular weight is 381 g/mol. The van der Waals surface area contributed by atoms with Crippen LogP contribution in [0.5, 0.6) is 0 Å². The molecule has 1 N–H and O–H groups in total. The van der Waals surface area contributed by atoms with Crippen molar-refractivity contribution in [3.8, 4) is 11.3 Å². The summed E-state index contributed by atoms with van der Waals surface area (Å²) < 4.78 is 15.2. The minimum Gasteiger partial charge on any atom is -0.334 e. The van der Waals surface area contributed by atoms with Crippen molar-refractivity contribution in [2.75, 3.05) is 11.1 Å². The van der Waals surface area contributed by atoms with Gasteiger partial charge in [-0.25, -0.2) is 9.37 Å². The van der Waals surface area contributed by atoms with Gasteiger partial charge in [0.15, 0.2) is 0 Å². The second-order valence-corrected chi connectivity index (χ2v) is 7.58. The molecule has 0 spiro atoms. The Balaban J connectivity index is 1.47. The standard InChI is InChI=1S/C21H20FN3OS/c22-15-8-10-16(11-9-15)27-14-21(26)24-18-6-2-1-5-17(18)19-13-25-12-4-3-7-20(25)23-19/h1-2,5-6,8-11,13H,3-4,7,12,14H2,(H,24,26). The fraction of sp³-hybridized carbons (Fsp3) is 0.238. The number of halogens is 1. The van der Waals surface area contributed by atoms with E-state index in [1.165, 1.54) is 36.7 Å². The van der Waals surface area contributed by atoms with Crippen molar-refractivity contribution in [1.82, 2.24) is 9.55 Å². The normalized spacial score (nSPS) is 13.2. The van der Waals surface area contributed by atoms with Crippen LogP contribution in [-0.4, -0.2) is 21.2 Å². The van der Waals surface area contributed by atoms with E-state index in [0.717, 1.165) is 40.6 Å². The first-order valence-electron chi connectivity index (χ1n) is 9.03. The highest BCUT2D eigenvalue weighted by Crippen LogP contribution is 2.29. The second-order valence-electron chi connectivity index (χ2n) is 6.53. The topological polar surface area (TPSA) is 46.9 Å². The number of nitrogens with one attached hydrogen (secondary N) is 1. The maximum absolute atomic E-state index is 13.0. The van der Waals surface area contributed by atoms with Crippen LogP contribution in [0.3, 0.4) is 0 Å². The number of amides is 1. The maximum Gasteiger partial charge on any atom is 0.234 e. The SMILES string of the molecule is O=C(CSc1ccc(F)cc1)Nc1ccccc1-c1cn2c(n1)CCCC2. The molecule has 1 aromatic heterocycles. The molecule has 4 rings (SSSR count). The molecule has 0 saturated carbocycles. The highest BCUT2D eigenvalue weighted by Gasteiger charge is 2.16. The first kappa shape index (κ1) is 17.8. The molecule has 0 atom stereocenters. The fourth-order valence-corrected chi connectivity index (χ4v) is 3.92. The molecule has 4 nitrogen and oxygen atoms in total. The molecule has 0 aliphatic carbocycles. The summed E-state index contributed by atoms with van der Waals surface area (Å²) in [4.78, 5) is 18.0. The van der Waals surface area contributed by atoms with E-state index in [1.54, 1.807) is 12.1 Å². The number of anilines is 1. The Labute approximate surface area is 161 Å². The lowest BCUT2D eigenvalue weighted by atomic mass is 10.1. The molecular formula is C21H20FN3OS. The summed E-state index contributed by atoms with van der Waals surface area (Å²) in [5.41, 5.74) is 2.59. The summed E-state index contributed by atoms with van der Waals surface area (Å²) in [5, 5.41) is 2.99. The first-order valence-corrected chi connectivity index (χ1v) is 10.0. The van der Waals surface area contributed by atoms with Gasteiger partial charge in [-0.3, -0.25) is 4.79 Å². The number of fused-ring (bicyclic) bond motifs is 1. The van der Waals surface area contributed by atoms with Gasteiger partial charge in [-0.1, -0.05) is 18.2 Å². The molecule has 2 aromatic carbocycles. The Kier molecular flexibility index (Phi) is 5.25. The third-order valence-electron chi connectivity index (χ3n) is 4.57. The lowest BCUT2D eigenvalue weighted by Crippen LogP contribution is -2.14. The van der Waals surface area contributed by atoms with Crippen molar-refractivity contribution in [3.63, 3.8) is 0 Å². The van der Waals surface area contributed by atoms with Crippen LogP contribution < -0.4 is 5.32 Å². The highest BCUT2D eigenvalue weighted by molar-refractivity contribution is 8.00. The summed E-state index contributed by atoms with van der Waals surface area (Å²) in [6.07, 6.45) is 5.44. The minimum atomic E-state index is -0.277. The number of hydrogen-bond acceptors (Lipinski definition) is 3. The number of rotatable bonds is 5. The average Bonchev–Trinajstić information content (AvgIpc) is 3.12. The van der Waals surface area contributed by atoms with Gasteiger partial charge in [0.25, 0.3) is 0 Å². The van der Waals surface area contributed by atoms with Crippen LogP contribution >= 0.6 is 11.8 Å². The van der Waals surface area contributed by atoms with E-state index in [2.05, 4.69) is 16.1 Å². The number of thioether (sulfide) groups is 1. The monoisotopic (exact) mass is 381 g/mol. The van der Waals surface area contributed by atoms with E-state index in [0.29, 0.717) is 0 Å². The van der Waals surface area contributed by atoms with Gasteiger partial charge in [0.2, 0.25) is 5.91 Å². The molecule has 0 unspecified atom stereocenters. The molecule has 0 fully saturated rings. The molecule has 0 bridgehead atoms. The molecule has 2 heterocycles. The number of carbonyl (C=O) groups excluding carboxylic acids is 1. The van der Waals surface area contributed by atoms with Gasteiger partial charge in [-0.2, -0.15) is 0 Å². The Morgan fingerprint density at radius 3 is 2.78 bits per heavy atom. The third-order valence-corrected chi connectivity index (χ3v) is 5.58. The van der Waals surface area contributed by atoms with Gasteiger partial charge in [0, 0.05) is 29.6 Å². The van der Waals surface area contributed by atoms with Crippen molar-refractivity contribution in [2.45, 2.75) is 30.7 Å². The van der Waals surface area contributed by atoms with Crippen molar-refractivity contribution >= 4 is 23.4 Å². The van der Waals surface area contributed by atoms with Crippen LogP contribution in [0.2, 0.25) is 0 Å². The molecule has 3 aromatic rings. The van der Waals surface area contributed by atoms with Crippen LogP contribution in [0, 0.1) is 5.82 Å². The van der Waals surface area contributed by atoms with Crippen LogP contribution in [0.4, 0.5) is 10.1 Å². The third kappa shape index (κ3) is 4.22. The van der Waals surface area contributed by atoms with E-state index >= 15 is 0 Å². The predicted molar refractivity (Wildman–Crippen MR) is 106 cm³/mol. The Morgan fingerprint density at radius 1 is 1.15 bits per heavy atom. The van der Waals surface area contributed by atoms with E-state index in [-0.39, 0.29) is 17.5 Å². The second kappa shape index (κ2) is 7.96. The van der Waals surface area contributed by atoms with Crippen molar-refractivity contribution in [3.05, 3.63) is 66.4 Å². The largest absolute Gasteiger partial charge is 0.334 e. The van der Waals surface area contributed by atoms with E-state index in [9.17, 15) is 9.18 Å². The lowest BCUT2D eigenvalue weighted by molar-refractivity contribution is -0.113. The van der Waals surface area contributed by atoms with E-state index in [1.807, 2.05) is 24.3 Å². The Bertz CT molecular complexity index is 929. The minimum absolute atomic E-state index is 0.0965. The smallest absolute Gasteiger partial charge is 0.234 e.